The van der Waals surface area contributed by atoms with Crippen molar-refractivity contribution in [3.8, 4) is 0 Å². The standard InChI is InChI=1S/C12H16ClN3O4S/c1-8-5-10(16(17)18)12(13)11(6-8)21(19,20)15-4-2-3-9(15)7-14/h5-6,9H,2-4,7,14H2,1H3. The number of sulfonamides is 1. The molecule has 1 aliphatic rings. The fourth-order valence-corrected chi connectivity index (χ4v) is 4.87. The number of aryl methyl sites for hydroxylation is 1. The summed E-state index contributed by atoms with van der Waals surface area (Å²) < 4.78 is 26.7. The van der Waals surface area contributed by atoms with Crippen LogP contribution in [0.15, 0.2) is 17.0 Å². The van der Waals surface area contributed by atoms with Crippen molar-refractivity contribution in [3.05, 3.63) is 32.8 Å². The van der Waals surface area contributed by atoms with Crippen molar-refractivity contribution in [2.24, 2.45) is 5.73 Å². The summed E-state index contributed by atoms with van der Waals surface area (Å²) in [5, 5.41) is 10.6. The maximum absolute atomic E-state index is 12.7. The topological polar surface area (TPSA) is 107 Å². The normalized spacial score (nSPS) is 19.9. The summed E-state index contributed by atoms with van der Waals surface area (Å²) in [6, 6.07) is 2.33. The molecular formula is C12H16ClN3O4S. The molecular weight excluding hydrogens is 318 g/mol. The summed E-state index contributed by atoms with van der Waals surface area (Å²) in [6.07, 6.45) is 1.40. The number of hydrogen-bond acceptors (Lipinski definition) is 5. The van der Waals surface area contributed by atoms with Gasteiger partial charge >= 0.3 is 0 Å². The number of nitrogens with zero attached hydrogens (tertiary/aromatic N) is 2. The van der Waals surface area contributed by atoms with E-state index in [0.717, 1.165) is 0 Å². The summed E-state index contributed by atoms with van der Waals surface area (Å²) in [4.78, 5) is 10.1. The molecule has 0 amide bonds. The second-order valence-corrected chi connectivity index (χ2v) is 7.24. The lowest BCUT2D eigenvalue weighted by molar-refractivity contribution is -0.385. The van der Waals surface area contributed by atoms with Crippen molar-refractivity contribution < 1.29 is 13.3 Å². The smallest absolute Gasteiger partial charge is 0.289 e. The molecule has 1 aromatic carbocycles. The average Bonchev–Trinajstić information content (AvgIpc) is 2.89. The molecule has 0 aliphatic carbocycles. The lowest BCUT2D eigenvalue weighted by Gasteiger charge is -2.23. The van der Waals surface area contributed by atoms with Crippen LogP contribution in [-0.4, -0.2) is 36.8 Å². The first-order valence-electron chi connectivity index (χ1n) is 6.45. The summed E-state index contributed by atoms with van der Waals surface area (Å²) in [7, 11) is -3.89. The van der Waals surface area contributed by atoms with Gasteiger partial charge in [-0.3, -0.25) is 10.1 Å². The highest BCUT2D eigenvalue weighted by Gasteiger charge is 2.37. The van der Waals surface area contributed by atoms with E-state index in [0.29, 0.717) is 24.9 Å². The second-order valence-electron chi connectivity index (χ2n) is 5.00. The van der Waals surface area contributed by atoms with Gasteiger partial charge in [0.15, 0.2) is 0 Å². The third-order valence-electron chi connectivity index (χ3n) is 3.54. The maximum atomic E-state index is 12.7. The number of benzene rings is 1. The van der Waals surface area contributed by atoms with E-state index in [1.165, 1.54) is 16.4 Å². The molecule has 1 fully saturated rings. The van der Waals surface area contributed by atoms with Crippen LogP contribution in [0.4, 0.5) is 5.69 Å². The third kappa shape index (κ3) is 2.89. The van der Waals surface area contributed by atoms with Gasteiger partial charge in [-0.15, -0.1) is 0 Å². The molecule has 1 aromatic rings. The SMILES string of the molecule is Cc1cc([N+](=O)[O-])c(Cl)c(S(=O)(=O)N2CCCC2CN)c1. The molecule has 21 heavy (non-hydrogen) atoms. The average molecular weight is 334 g/mol. The van der Waals surface area contributed by atoms with E-state index in [-0.39, 0.29) is 22.5 Å². The molecule has 7 nitrogen and oxygen atoms in total. The highest BCUT2D eigenvalue weighted by atomic mass is 35.5. The Morgan fingerprint density at radius 1 is 1.52 bits per heavy atom. The fraction of sp³-hybridized carbons (Fsp3) is 0.500. The number of rotatable bonds is 4. The fourth-order valence-electron chi connectivity index (χ4n) is 2.53. The van der Waals surface area contributed by atoms with Crippen LogP contribution in [0.3, 0.4) is 0 Å². The molecule has 1 saturated heterocycles. The molecule has 2 rings (SSSR count). The van der Waals surface area contributed by atoms with Crippen LogP contribution in [0.1, 0.15) is 18.4 Å². The highest BCUT2D eigenvalue weighted by Crippen LogP contribution is 2.36. The Hall–Kier alpha value is -1.22. The first-order valence-corrected chi connectivity index (χ1v) is 8.27. The predicted octanol–water partition coefficient (Wildman–Crippen LogP) is 1.67. The number of nitrogens with two attached hydrogens (primary N) is 1. The zero-order chi connectivity index (χ0) is 15.8. The Labute approximate surface area is 127 Å². The van der Waals surface area contributed by atoms with E-state index < -0.39 is 20.6 Å². The minimum absolute atomic E-state index is 0.213. The van der Waals surface area contributed by atoms with Gasteiger partial charge in [-0.05, 0) is 31.4 Å². The van der Waals surface area contributed by atoms with Crippen LogP contribution < -0.4 is 5.73 Å². The first-order chi connectivity index (χ1) is 9.78. The Kier molecular flexibility index (Phi) is 4.52. The molecule has 1 unspecified atom stereocenters. The first kappa shape index (κ1) is 16.2. The minimum atomic E-state index is -3.89. The summed E-state index contributed by atoms with van der Waals surface area (Å²) in [5.41, 5.74) is 5.66. The number of hydrogen-bond donors (Lipinski definition) is 1. The molecule has 0 aromatic heterocycles. The van der Waals surface area contributed by atoms with Crippen LogP contribution in [-0.2, 0) is 10.0 Å². The molecule has 0 radical (unpaired) electrons. The molecule has 0 spiro atoms. The Balaban J connectivity index is 2.57. The van der Waals surface area contributed by atoms with Gasteiger partial charge in [-0.25, -0.2) is 8.42 Å². The number of halogens is 1. The third-order valence-corrected chi connectivity index (χ3v) is 6.03. The Bertz CT molecular complexity index is 677. The Morgan fingerprint density at radius 2 is 2.19 bits per heavy atom. The highest BCUT2D eigenvalue weighted by molar-refractivity contribution is 7.89. The van der Waals surface area contributed by atoms with Crippen molar-refractivity contribution in [3.63, 3.8) is 0 Å². The van der Waals surface area contributed by atoms with E-state index in [1.807, 2.05) is 0 Å². The number of nitro groups is 1. The molecule has 116 valence electrons. The zero-order valence-corrected chi connectivity index (χ0v) is 13.0. The van der Waals surface area contributed by atoms with Crippen LogP contribution in [0.5, 0.6) is 0 Å². The van der Waals surface area contributed by atoms with Crippen LogP contribution >= 0.6 is 11.6 Å². The molecule has 1 heterocycles. The van der Waals surface area contributed by atoms with Crippen molar-refractivity contribution in [2.45, 2.75) is 30.7 Å². The van der Waals surface area contributed by atoms with E-state index in [9.17, 15) is 18.5 Å². The molecule has 0 bridgehead atoms. The minimum Gasteiger partial charge on any atom is -0.329 e. The van der Waals surface area contributed by atoms with E-state index >= 15 is 0 Å². The zero-order valence-electron chi connectivity index (χ0n) is 11.5. The van der Waals surface area contributed by atoms with E-state index in [1.54, 1.807) is 6.92 Å². The molecule has 9 heteroatoms. The molecule has 1 aliphatic heterocycles. The molecule has 0 saturated carbocycles. The second kappa shape index (κ2) is 5.88. The van der Waals surface area contributed by atoms with Gasteiger partial charge < -0.3 is 5.73 Å². The number of nitro benzene ring substituents is 1. The van der Waals surface area contributed by atoms with Gasteiger partial charge in [-0.2, -0.15) is 4.31 Å². The van der Waals surface area contributed by atoms with Gasteiger partial charge in [0.2, 0.25) is 10.0 Å². The van der Waals surface area contributed by atoms with Gasteiger partial charge in [-0.1, -0.05) is 11.6 Å². The largest absolute Gasteiger partial charge is 0.329 e. The van der Waals surface area contributed by atoms with Gasteiger partial charge in [0.25, 0.3) is 5.69 Å². The van der Waals surface area contributed by atoms with Crippen molar-refractivity contribution in [1.82, 2.24) is 4.31 Å². The monoisotopic (exact) mass is 333 g/mol. The Morgan fingerprint density at radius 3 is 2.76 bits per heavy atom. The summed E-state index contributed by atoms with van der Waals surface area (Å²) in [5.74, 6) is 0. The molecule has 2 N–H and O–H groups in total. The predicted molar refractivity (Wildman–Crippen MR) is 78.8 cm³/mol. The molecule has 1 atom stereocenters. The summed E-state index contributed by atoms with van der Waals surface area (Å²) >= 11 is 5.95. The van der Waals surface area contributed by atoms with Gasteiger partial charge in [0.1, 0.15) is 9.92 Å². The lowest BCUT2D eigenvalue weighted by atomic mass is 10.2. The summed E-state index contributed by atoms with van der Waals surface area (Å²) in [6.45, 7) is 2.15. The van der Waals surface area contributed by atoms with Gasteiger partial charge in [0, 0.05) is 25.2 Å². The maximum Gasteiger partial charge on any atom is 0.289 e. The van der Waals surface area contributed by atoms with E-state index in [4.69, 9.17) is 17.3 Å². The van der Waals surface area contributed by atoms with Gasteiger partial charge in [0.05, 0.1) is 4.92 Å². The van der Waals surface area contributed by atoms with Crippen LogP contribution in [0.25, 0.3) is 0 Å². The lowest BCUT2D eigenvalue weighted by Crippen LogP contribution is -2.40. The van der Waals surface area contributed by atoms with Crippen molar-refractivity contribution in [2.75, 3.05) is 13.1 Å². The van der Waals surface area contributed by atoms with E-state index in [2.05, 4.69) is 0 Å². The van der Waals surface area contributed by atoms with Crippen molar-refractivity contribution in [1.29, 1.82) is 0 Å². The van der Waals surface area contributed by atoms with Crippen LogP contribution in [0, 0.1) is 17.0 Å². The quantitative estimate of drug-likeness (QED) is 0.666. The van der Waals surface area contributed by atoms with Crippen molar-refractivity contribution >= 4 is 27.3 Å². The van der Waals surface area contributed by atoms with Crippen LogP contribution in [0.2, 0.25) is 5.02 Å².